The number of rotatable bonds is 3. The molecule has 80 valence electrons. The lowest BCUT2D eigenvalue weighted by molar-refractivity contribution is 0.343. The molecule has 0 fully saturated rings. The molecule has 1 nitrogen and oxygen atoms in total. The zero-order valence-corrected chi connectivity index (χ0v) is 9.01. The molecule has 0 radical (unpaired) electrons. The molecule has 0 heterocycles. The minimum absolute atomic E-state index is 0.0838. The molecular formula is C15H14O. The zero-order valence-electron chi connectivity index (χ0n) is 9.01. The summed E-state index contributed by atoms with van der Waals surface area (Å²) in [5.41, 5.74) is 3.54. The predicted octanol–water partition coefficient (Wildman–Crippen LogP) is 3.36. The molecule has 0 atom stereocenters. The van der Waals surface area contributed by atoms with Crippen molar-refractivity contribution in [1.82, 2.24) is 0 Å². The maximum atomic E-state index is 8.67. The van der Waals surface area contributed by atoms with Gasteiger partial charge in [-0.15, -0.1) is 0 Å². The van der Waals surface area contributed by atoms with Crippen LogP contribution in [0.15, 0.2) is 60.7 Å². The van der Waals surface area contributed by atoms with Gasteiger partial charge >= 0.3 is 0 Å². The predicted molar refractivity (Wildman–Crippen MR) is 68.0 cm³/mol. The van der Waals surface area contributed by atoms with Gasteiger partial charge in [-0.3, -0.25) is 0 Å². The highest BCUT2D eigenvalue weighted by atomic mass is 16.2. The van der Waals surface area contributed by atoms with Crippen molar-refractivity contribution in [2.45, 2.75) is 0 Å². The van der Waals surface area contributed by atoms with Crippen molar-refractivity contribution >= 4 is 6.08 Å². The number of aliphatic hydroxyl groups is 1. The van der Waals surface area contributed by atoms with E-state index in [0.29, 0.717) is 0 Å². The molecule has 0 saturated heterocycles. The molecule has 0 aliphatic heterocycles. The average molecular weight is 210 g/mol. The quantitative estimate of drug-likeness (QED) is 0.823. The van der Waals surface area contributed by atoms with Crippen molar-refractivity contribution in [3.8, 4) is 11.1 Å². The second kappa shape index (κ2) is 5.29. The summed E-state index contributed by atoms with van der Waals surface area (Å²) >= 11 is 0. The van der Waals surface area contributed by atoms with Gasteiger partial charge in [0.1, 0.15) is 0 Å². The van der Waals surface area contributed by atoms with Crippen LogP contribution in [0.2, 0.25) is 0 Å². The van der Waals surface area contributed by atoms with Crippen molar-refractivity contribution in [2.75, 3.05) is 6.61 Å². The smallest absolute Gasteiger partial charge is 0.0615 e. The highest BCUT2D eigenvalue weighted by Crippen LogP contribution is 2.19. The highest BCUT2D eigenvalue weighted by Gasteiger charge is 1.95. The summed E-state index contributed by atoms with van der Waals surface area (Å²) < 4.78 is 0. The third kappa shape index (κ3) is 2.59. The Morgan fingerprint density at radius 2 is 1.44 bits per heavy atom. The van der Waals surface area contributed by atoms with E-state index in [4.69, 9.17) is 5.11 Å². The Balaban J connectivity index is 2.23. The van der Waals surface area contributed by atoms with Gasteiger partial charge in [0, 0.05) is 0 Å². The molecule has 0 amide bonds. The number of aliphatic hydroxyl groups excluding tert-OH is 1. The second-order valence-corrected chi connectivity index (χ2v) is 3.57. The van der Waals surface area contributed by atoms with Gasteiger partial charge in [-0.1, -0.05) is 66.7 Å². The van der Waals surface area contributed by atoms with E-state index in [1.807, 2.05) is 24.3 Å². The van der Waals surface area contributed by atoms with E-state index in [9.17, 15) is 0 Å². The molecule has 0 aliphatic rings. The Morgan fingerprint density at radius 1 is 0.812 bits per heavy atom. The molecule has 0 aromatic heterocycles. The van der Waals surface area contributed by atoms with Crippen molar-refractivity contribution < 1.29 is 5.11 Å². The van der Waals surface area contributed by atoms with Crippen LogP contribution in [0.4, 0.5) is 0 Å². The van der Waals surface area contributed by atoms with Crippen LogP contribution in [0, 0.1) is 0 Å². The van der Waals surface area contributed by atoms with Gasteiger partial charge in [0.2, 0.25) is 0 Å². The molecule has 2 aromatic carbocycles. The molecule has 0 aliphatic carbocycles. The van der Waals surface area contributed by atoms with Crippen molar-refractivity contribution in [3.05, 3.63) is 66.2 Å². The Kier molecular flexibility index (Phi) is 3.52. The molecule has 0 unspecified atom stereocenters. The molecule has 0 bridgehead atoms. The molecule has 2 rings (SSSR count). The zero-order chi connectivity index (χ0) is 11.2. The lowest BCUT2D eigenvalue weighted by atomic mass is 10.0. The fourth-order valence-electron chi connectivity index (χ4n) is 1.61. The standard InChI is InChI=1S/C15H14O/c16-12-4-5-13-8-10-15(11-9-13)14-6-2-1-3-7-14/h1-11,16H,12H2. The molecule has 16 heavy (non-hydrogen) atoms. The normalized spacial score (nSPS) is 10.8. The number of benzene rings is 2. The van der Waals surface area contributed by atoms with Gasteiger partial charge in [0.25, 0.3) is 0 Å². The minimum atomic E-state index is 0.0838. The maximum Gasteiger partial charge on any atom is 0.0615 e. The fourth-order valence-corrected chi connectivity index (χ4v) is 1.61. The van der Waals surface area contributed by atoms with Gasteiger partial charge < -0.3 is 5.11 Å². The van der Waals surface area contributed by atoms with Crippen molar-refractivity contribution in [1.29, 1.82) is 0 Å². The van der Waals surface area contributed by atoms with Gasteiger partial charge in [0.15, 0.2) is 0 Å². The first-order valence-corrected chi connectivity index (χ1v) is 5.33. The summed E-state index contributed by atoms with van der Waals surface area (Å²) in [5.74, 6) is 0. The first kappa shape index (κ1) is 10.7. The first-order chi connectivity index (χ1) is 7.90. The van der Waals surface area contributed by atoms with Crippen LogP contribution in [0.5, 0.6) is 0 Å². The van der Waals surface area contributed by atoms with Crippen LogP contribution in [0.1, 0.15) is 5.56 Å². The Bertz CT molecular complexity index is 455. The topological polar surface area (TPSA) is 20.2 Å². The summed E-state index contributed by atoms with van der Waals surface area (Å²) in [6, 6.07) is 18.6. The SMILES string of the molecule is OCC=Cc1ccc(-c2ccccc2)cc1. The van der Waals surface area contributed by atoms with Gasteiger partial charge in [-0.05, 0) is 16.7 Å². The minimum Gasteiger partial charge on any atom is -0.392 e. The second-order valence-electron chi connectivity index (χ2n) is 3.57. The van der Waals surface area contributed by atoms with E-state index < -0.39 is 0 Å². The van der Waals surface area contributed by atoms with Crippen LogP contribution in [0.25, 0.3) is 17.2 Å². The van der Waals surface area contributed by atoms with Gasteiger partial charge in [0.05, 0.1) is 6.61 Å². The van der Waals surface area contributed by atoms with Crippen LogP contribution in [-0.4, -0.2) is 11.7 Å². The third-order valence-corrected chi connectivity index (χ3v) is 2.43. The average Bonchev–Trinajstić information content (AvgIpc) is 2.38. The van der Waals surface area contributed by atoms with E-state index in [2.05, 4.69) is 36.4 Å². The number of hydrogen-bond acceptors (Lipinski definition) is 1. The van der Waals surface area contributed by atoms with Gasteiger partial charge in [-0.2, -0.15) is 0 Å². The summed E-state index contributed by atoms with van der Waals surface area (Å²) in [7, 11) is 0. The molecule has 1 N–H and O–H groups in total. The summed E-state index contributed by atoms with van der Waals surface area (Å²) in [4.78, 5) is 0. The van der Waals surface area contributed by atoms with E-state index in [1.165, 1.54) is 11.1 Å². The lowest BCUT2D eigenvalue weighted by Gasteiger charge is -2.01. The monoisotopic (exact) mass is 210 g/mol. The molecule has 2 aromatic rings. The van der Waals surface area contributed by atoms with Gasteiger partial charge in [-0.25, -0.2) is 0 Å². The number of hydrogen-bond donors (Lipinski definition) is 1. The Labute approximate surface area is 95.7 Å². The van der Waals surface area contributed by atoms with Crippen molar-refractivity contribution in [3.63, 3.8) is 0 Å². The van der Waals surface area contributed by atoms with Crippen LogP contribution in [0.3, 0.4) is 0 Å². The molecule has 1 heteroatoms. The van der Waals surface area contributed by atoms with Crippen molar-refractivity contribution in [2.24, 2.45) is 0 Å². The van der Waals surface area contributed by atoms with Crippen LogP contribution >= 0.6 is 0 Å². The summed E-state index contributed by atoms with van der Waals surface area (Å²) in [6.45, 7) is 0.0838. The van der Waals surface area contributed by atoms with E-state index in [0.717, 1.165) is 5.56 Å². The van der Waals surface area contributed by atoms with E-state index in [-0.39, 0.29) is 6.61 Å². The first-order valence-electron chi connectivity index (χ1n) is 5.33. The molecular weight excluding hydrogens is 196 g/mol. The van der Waals surface area contributed by atoms with Crippen LogP contribution < -0.4 is 0 Å². The lowest BCUT2D eigenvalue weighted by Crippen LogP contribution is -1.78. The Hall–Kier alpha value is -1.86. The summed E-state index contributed by atoms with van der Waals surface area (Å²) in [6.07, 6.45) is 3.65. The largest absolute Gasteiger partial charge is 0.392 e. The summed E-state index contributed by atoms with van der Waals surface area (Å²) in [5, 5.41) is 8.67. The Morgan fingerprint density at radius 3 is 2.06 bits per heavy atom. The molecule has 0 saturated carbocycles. The van der Waals surface area contributed by atoms with E-state index >= 15 is 0 Å². The maximum absolute atomic E-state index is 8.67. The fraction of sp³-hybridized carbons (Fsp3) is 0.0667. The van der Waals surface area contributed by atoms with Crippen LogP contribution in [-0.2, 0) is 0 Å². The van der Waals surface area contributed by atoms with E-state index in [1.54, 1.807) is 6.08 Å². The third-order valence-electron chi connectivity index (χ3n) is 2.43. The molecule has 0 spiro atoms. The highest BCUT2D eigenvalue weighted by molar-refractivity contribution is 5.65.